The van der Waals surface area contributed by atoms with Crippen molar-refractivity contribution in [3.05, 3.63) is 11.5 Å². The van der Waals surface area contributed by atoms with Gasteiger partial charge >= 0.3 is 18.0 Å². The number of primary amides is 1. The van der Waals surface area contributed by atoms with Crippen molar-refractivity contribution < 1.29 is 28.2 Å². The summed E-state index contributed by atoms with van der Waals surface area (Å²) in [6, 6.07) is -1.20. The number of nitrogens with one attached hydrogen (secondary N) is 1. The number of carbonyl (C=O) groups excluding carboxylic acids is 3. The summed E-state index contributed by atoms with van der Waals surface area (Å²) in [7, 11) is 0. The van der Waals surface area contributed by atoms with E-state index in [0.29, 0.717) is 0 Å². The van der Waals surface area contributed by atoms with Crippen LogP contribution in [-0.2, 0) is 19.1 Å². The van der Waals surface area contributed by atoms with E-state index < -0.39 is 29.5 Å². The van der Waals surface area contributed by atoms with E-state index in [-0.39, 0.29) is 13.2 Å². The zero-order chi connectivity index (χ0) is 13.4. The Bertz CT molecular complexity index is 353. The van der Waals surface area contributed by atoms with Crippen LogP contribution in [0.15, 0.2) is 11.5 Å². The highest BCUT2D eigenvalue weighted by Gasteiger charge is 2.24. The molecule has 0 radical (unpaired) electrons. The van der Waals surface area contributed by atoms with Crippen molar-refractivity contribution in [1.29, 1.82) is 0 Å². The van der Waals surface area contributed by atoms with Gasteiger partial charge in [0, 0.05) is 0 Å². The molecular weight excluding hydrogens is 235 g/mol. The van der Waals surface area contributed by atoms with Crippen LogP contribution in [0.2, 0.25) is 0 Å². The van der Waals surface area contributed by atoms with E-state index in [9.17, 15) is 18.8 Å². The molecule has 0 aromatic carbocycles. The zero-order valence-corrected chi connectivity index (χ0v) is 9.41. The Balaban J connectivity index is 5.12. The Hall–Kier alpha value is -2.12. The molecule has 96 valence electrons. The van der Waals surface area contributed by atoms with Gasteiger partial charge in [0.05, 0.1) is 13.2 Å². The van der Waals surface area contributed by atoms with Crippen LogP contribution in [0.3, 0.4) is 0 Å². The number of hydrogen-bond donors (Lipinski definition) is 2. The van der Waals surface area contributed by atoms with Crippen LogP contribution in [0.4, 0.5) is 9.18 Å². The lowest BCUT2D eigenvalue weighted by atomic mass is 10.3. The smallest absolute Gasteiger partial charge is 0.369 e. The maximum Gasteiger partial charge on any atom is 0.369 e. The van der Waals surface area contributed by atoms with Crippen LogP contribution in [0, 0.1) is 0 Å². The average molecular weight is 248 g/mol. The lowest BCUT2D eigenvalue weighted by Gasteiger charge is -2.08. The topological polar surface area (TPSA) is 108 Å². The summed E-state index contributed by atoms with van der Waals surface area (Å²) < 4.78 is 22.2. The number of amides is 2. The van der Waals surface area contributed by atoms with Crippen LogP contribution in [-0.4, -0.2) is 31.2 Å². The minimum atomic E-state index is -1.57. The Morgan fingerprint density at radius 2 is 1.59 bits per heavy atom. The minimum absolute atomic E-state index is 0.0567. The Kier molecular flexibility index (Phi) is 6.30. The van der Waals surface area contributed by atoms with Crippen LogP contribution in [0.25, 0.3) is 0 Å². The molecule has 17 heavy (non-hydrogen) atoms. The number of hydrogen-bond acceptors (Lipinski definition) is 5. The number of ether oxygens (including phenoxy) is 2. The number of nitrogens with two attached hydrogens (primary N) is 1. The number of carbonyl (C=O) groups is 3. The second kappa shape index (κ2) is 7.20. The Morgan fingerprint density at radius 1 is 1.12 bits per heavy atom. The third-order valence-corrected chi connectivity index (χ3v) is 1.40. The van der Waals surface area contributed by atoms with E-state index in [1.165, 1.54) is 13.8 Å². The fraction of sp³-hybridized carbons (Fsp3) is 0.444. The van der Waals surface area contributed by atoms with Gasteiger partial charge in [0.1, 0.15) is 0 Å². The molecule has 0 fully saturated rings. The number of esters is 2. The molecule has 0 rings (SSSR count). The van der Waals surface area contributed by atoms with Gasteiger partial charge in [-0.1, -0.05) is 0 Å². The summed E-state index contributed by atoms with van der Waals surface area (Å²) in [5.74, 6) is -4.16. The van der Waals surface area contributed by atoms with Crippen molar-refractivity contribution in [3.63, 3.8) is 0 Å². The molecule has 0 aliphatic heterocycles. The first-order chi connectivity index (χ1) is 7.93. The lowest BCUT2D eigenvalue weighted by Crippen LogP contribution is -2.34. The van der Waals surface area contributed by atoms with Crippen LogP contribution in [0.1, 0.15) is 13.8 Å². The Morgan fingerprint density at radius 3 is 2.00 bits per heavy atom. The molecule has 2 amide bonds. The van der Waals surface area contributed by atoms with E-state index in [0.717, 1.165) is 0 Å². The van der Waals surface area contributed by atoms with Gasteiger partial charge in [0.25, 0.3) is 0 Å². The van der Waals surface area contributed by atoms with Crippen LogP contribution in [0.5, 0.6) is 0 Å². The number of urea groups is 1. The minimum Gasteiger partial charge on any atom is -0.461 e. The SMILES string of the molecule is CCOC(=O)/C(F)=C(/NC(N)=O)C(=O)OCC. The molecule has 0 unspecified atom stereocenters. The van der Waals surface area contributed by atoms with Gasteiger partial charge in [0.15, 0.2) is 5.70 Å². The van der Waals surface area contributed by atoms with Crippen molar-refractivity contribution in [2.45, 2.75) is 13.8 Å². The summed E-state index contributed by atoms with van der Waals surface area (Å²) in [5.41, 5.74) is 3.75. The maximum atomic E-state index is 13.4. The van der Waals surface area contributed by atoms with Gasteiger partial charge in [-0.05, 0) is 13.8 Å². The predicted molar refractivity (Wildman–Crippen MR) is 54.1 cm³/mol. The molecular formula is C9H13FN2O5. The third-order valence-electron chi connectivity index (χ3n) is 1.40. The monoisotopic (exact) mass is 248 g/mol. The lowest BCUT2D eigenvalue weighted by molar-refractivity contribution is -0.143. The second-order valence-corrected chi connectivity index (χ2v) is 2.62. The molecule has 0 saturated carbocycles. The van der Waals surface area contributed by atoms with E-state index in [2.05, 4.69) is 9.47 Å². The van der Waals surface area contributed by atoms with E-state index in [1.807, 2.05) is 0 Å². The molecule has 8 heteroatoms. The second-order valence-electron chi connectivity index (χ2n) is 2.62. The van der Waals surface area contributed by atoms with Gasteiger partial charge in [-0.2, -0.15) is 4.39 Å². The van der Waals surface area contributed by atoms with Crippen molar-refractivity contribution in [3.8, 4) is 0 Å². The van der Waals surface area contributed by atoms with Gasteiger partial charge in [-0.3, -0.25) is 5.32 Å². The molecule has 3 N–H and O–H groups in total. The van der Waals surface area contributed by atoms with Crippen LogP contribution < -0.4 is 11.1 Å². The highest BCUT2D eigenvalue weighted by atomic mass is 19.1. The Labute approximate surface area is 96.7 Å². The summed E-state index contributed by atoms with van der Waals surface area (Å²) in [5, 5.41) is 1.67. The van der Waals surface area contributed by atoms with Gasteiger partial charge in [-0.15, -0.1) is 0 Å². The average Bonchev–Trinajstić information content (AvgIpc) is 2.25. The summed E-state index contributed by atoms with van der Waals surface area (Å²) in [4.78, 5) is 32.8. The highest BCUT2D eigenvalue weighted by Crippen LogP contribution is 2.08. The van der Waals surface area contributed by atoms with Crippen LogP contribution >= 0.6 is 0 Å². The maximum absolute atomic E-state index is 13.4. The zero-order valence-electron chi connectivity index (χ0n) is 9.41. The van der Waals surface area contributed by atoms with Crippen molar-refractivity contribution in [2.75, 3.05) is 13.2 Å². The molecule has 0 aromatic rings. The molecule has 0 saturated heterocycles. The van der Waals surface area contributed by atoms with Crippen molar-refractivity contribution in [1.82, 2.24) is 5.32 Å². The third kappa shape index (κ3) is 4.96. The quantitative estimate of drug-likeness (QED) is 0.524. The van der Waals surface area contributed by atoms with E-state index in [1.54, 1.807) is 5.32 Å². The normalized spacial score (nSPS) is 11.2. The highest BCUT2D eigenvalue weighted by molar-refractivity contribution is 6.01. The molecule has 0 aromatic heterocycles. The van der Waals surface area contributed by atoms with E-state index >= 15 is 0 Å². The largest absolute Gasteiger partial charge is 0.461 e. The predicted octanol–water partition coefficient (Wildman–Crippen LogP) is -0.0380. The number of rotatable bonds is 5. The molecule has 0 bridgehead atoms. The van der Waals surface area contributed by atoms with Gasteiger partial charge < -0.3 is 15.2 Å². The van der Waals surface area contributed by atoms with Crippen molar-refractivity contribution in [2.24, 2.45) is 5.73 Å². The van der Waals surface area contributed by atoms with Gasteiger partial charge in [0.2, 0.25) is 5.83 Å². The first-order valence-corrected chi connectivity index (χ1v) is 4.74. The molecule has 0 atom stereocenters. The molecule has 7 nitrogen and oxygen atoms in total. The standard InChI is InChI=1S/C9H13FN2O5/c1-3-16-7(13)5(10)6(12-9(11)15)8(14)17-4-2/h3-4H2,1-2H3,(H3,11,12,15)/b6-5-. The summed E-state index contributed by atoms with van der Waals surface area (Å²) in [6.07, 6.45) is 0. The first kappa shape index (κ1) is 14.9. The molecule has 0 aliphatic carbocycles. The summed E-state index contributed by atoms with van der Waals surface area (Å²) >= 11 is 0. The first-order valence-electron chi connectivity index (χ1n) is 4.74. The fourth-order valence-corrected chi connectivity index (χ4v) is 0.818. The van der Waals surface area contributed by atoms with Gasteiger partial charge in [-0.25, -0.2) is 14.4 Å². The van der Waals surface area contributed by atoms with Crippen molar-refractivity contribution >= 4 is 18.0 Å². The number of halogens is 1. The summed E-state index contributed by atoms with van der Waals surface area (Å²) in [6.45, 7) is 2.79. The molecule has 0 spiro atoms. The fourth-order valence-electron chi connectivity index (χ4n) is 0.818. The van der Waals surface area contributed by atoms with E-state index in [4.69, 9.17) is 5.73 Å². The molecule has 0 heterocycles. The molecule has 0 aliphatic rings.